The number of hydrogen-bond acceptors (Lipinski definition) is 5. The quantitative estimate of drug-likeness (QED) is 0.608. The molecule has 7 heteroatoms. The highest BCUT2D eigenvalue weighted by Gasteiger charge is 2.30. The molecule has 4 rings (SSSR count). The van der Waals surface area contributed by atoms with Gasteiger partial charge < -0.3 is 19.4 Å². The van der Waals surface area contributed by atoms with Crippen LogP contribution in [0.3, 0.4) is 0 Å². The minimum absolute atomic E-state index is 0.0271. The van der Waals surface area contributed by atoms with Crippen molar-refractivity contribution >= 4 is 16.9 Å². The van der Waals surface area contributed by atoms with E-state index in [9.17, 15) is 4.79 Å². The molecule has 2 aromatic heterocycles. The summed E-state index contributed by atoms with van der Waals surface area (Å²) in [4.78, 5) is 19.6. The van der Waals surface area contributed by atoms with Gasteiger partial charge in [-0.25, -0.2) is 9.97 Å². The van der Waals surface area contributed by atoms with Crippen LogP contribution in [0.5, 0.6) is 5.88 Å². The number of nitrogens with zero attached hydrogens (tertiary/aromatic N) is 3. The Bertz CT molecular complexity index is 935. The Kier molecular flexibility index (Phi) is 5.53. The average Bonchev–Trinajstić information content (AvgIpc) is 3.11. The van der Waals surface area contributed by atoms with Crippen molar-refractivity contribution in [2.45, 2.75) is 25.9 Å². The number of ether oxygens (including phenoxy) is 2. The molecule has 0 atom stereocenters. The van der Waals surface area contributed by atoms with E-state index in [0.29, 0.717) is 31.6 Å². The summed E-state index contributed by atoms with van der Waals surface area (Å²) in [5.41, 5.74) is 1.89. The molecule has 3 aromatic rings. The van der Waals surface area contributed by atoms with Crippen LogP contribution in [0.1, 0.15) is 19.8 Å². The zero-order valence-electron chi connectivity index (χ0n) is 15.9. The van der Waals surface area contributed by atoms with Crippen molar-refractivity contribution in [3.63, 3.8) is 0 Å². The molecule has 7 nitrogen and oxygen atoms in total. The Labute approximate surface area is 163 Å². The van der Waals surface area contributed by atoms with E-state index in [2.05, 4.69) is 15.3 Å². The molecule has 0 spiro atoms. The van der Waals surface area contributed by atoms with Crippen LogP contribution >= 0.6 is 0 Å². The van der Waals surface area contributed by atoms with Gasteiger partial charge in [-0.05, 0) is 37.0 Å². The molecule has 1 amide bonds. The van der Waals surface area contributed by atoms with Crippen LogP contribution in [-0.4, -0.2) is 46.3 Å². The van der Waals surface area contributed by atoms with Crippen molar-refractivity contribution in [2.75, 3.05) is 19.8 Å². The summed E-state index contributed by atoms with van der Waals surface area (Å²) in [6, 6.07) is 12.1. The molecule has 0 bridgehead atoms. The lowest BCUT2D eigenvalue weighted by atomic mass is 9.83. The Balaban J connectivity index is 1.31. The van der Waals surface area contributed by atoms with Crippen LogP contribution in [0, 0.1) is 5.92 Å². The highest BCUT2D eigenvalue weighted by Crippen LogP contribution is 2.32. The molecule has 1 aliphatic carbocycles. The summed E-state index contributed by atoms with van der Waals surface area (Å²) in [6.45, 7) is 3.24. The number of carbonyl (C=O) groups excluding carboxylic acids is 1. The molecule has 0 radical (unpaired) electrons. The van der Waals surface area contributed by atoms with Gasteiger partial charge in [-0.3, -0.25) is 4.79 Å². The average molecular weight is 380 g/mol. The maximum atomic E-state index is 10.8. The Morgan fingerprint density at radius 3 is 2.82 bits per heavy atom. The van der Waals surface area contributed by atoms with Gasteiger partial charge in [-0.1, -0.05) is 18.2 Å². The summed E-state index contributed by atoms with van der Waals surface area (Å²) >= 11 is 0. The molecule has 28 heavy (non-hydrogen) atoms. The largest absolute Gasteiger partial charge is 0.477 e. The number of nitrogens with one attached hydrogen (secondary N) is 1. The highest BCUT2D eigenvalue weighted by atomic mass is 16.5. The van der Waals surface area contributed by atoms with E-state index >= 15 is 0 Å². The van der Waals surface area contributed by atoms with Gasteiger partial charge in [0.15, 0.2) is 5.65 Å². The van der Waals surface area contributed by atoms with E-state index in [1.807, 2.05) is 47.2 Å². The molecule has 0 saturated heterocycles. The van der Waals surface area contributed by atoms with Crippen molar-refractivity contribution in [1.29, 1.82) is 0 Å². The van der Waals surface area contributed by atoms with Crippen LogP contribution in [0.15, 0.2) is 48.9 Å². The fourth-order valence-electron chi connectivity index (χ4n) is 3.44. The summed E-state index contributed by atoms with van der Waals surface area (Å²) < 4.78 is 13.8. The Morgan fingerprint density at radius 1 is 1.21 bits per heavy atom. The maximum Gasteiger partial charge on any atom is 0.226 e. The molecule has 1 aliphatic rings. The minimum atomic E-state index is -0.0271. The third kappa shape index (κ3) is 4.14. The zero-order valence-corrected chi connectivity index (χ0v) is 15.9. The summed E-state index contributed by atoms with van der Waals surface area (Å²) in [5, 5.41) is 3.64. The first-order valence-electron chi connectivity index (χ1n) is 9.57. The molecule has 1 N–H and O–H groups in total. The van der Waals surface area contributed by atoms with Crippen molar-refractivity contribution in [2.24, 2.45) is 5.92 Å². The van der Waals surface area contributed by atoms with Gasteiger partial charge in [0.25, 0.3) is 0 Å². The van der Waals surface area contributed by atoms with Gasteiger partial charge >= 0.3 is 0 Å². The first-order valence-corrected chi connectivity index (χ1v) is 9.57. The molecule has 0 unspecified atom stereocenters. The van der Waals surface area contributed by atoms with Gasteiger partial charge in [-0.2, -0.15) is 0 Å². The second-order valence-corrected chi connectivity index (χ2v) is 7.06. The van der Waals surface area contributed by atoms with Crippen molar-refractivity contribution in [1.82, 2.24) is 19.9 Å². The van der Waals surface area contributed by atoms with Gasteiger partial charge in [-0.15, -0.1) is 0 Å². The predicted octanol–water partition coefficient (Wildman–Crippen LogP) is 2.73. The normalized spacial score (nSPS) is 18.6. The number of amides is 1. The van der Waals surface area contributed by atoms with Crippen LogP contribution < -0.4 is 10.1 Å². The molecule has 1 saturated carbocycles. The van der Waals surface area contributed by atoms with Crippen molar-refractivity contribution in [3.05, 3.63) is 48.9 Å². The monoisotopic (exact) mass is 380 g/mol. The molecule has 1 aromatic carbocycles. The van der Waals surface area contributed by atoms with E-state index in [1.54, 1.807) is 6.33 Å². The summed E-state index contributed by atoms with van der Waals surface area (Å²) in [7, 11) is 0. The van der Waals surface area contributed by atoms with Crippen LogP contribution in [0.2, 0.25) is 0 Å². The molecular weight excluding hydrogens is 356 g/mol. The van der Waals surface area contributed by atoms with Crippen molar-refractivity contribution in [3.8, 4) is 11.6 Å². The lowest BCUT2D eigenvalue weighted by Gasteiger charge is -2.34. The predicted molar refractivity (Wildman–Crippen MR) is 106 cm³/mol. The molecule has 146 valence electrons. The number of rotatable bonds is 8. The second kappa shape index (κ2) is 8.39. The van der Waals surface area contributed by atoms with E-state index in [0.717, 1.165) is 29.6 Å². The van der Waals surface area contributed by atoms with Gasteiger partial charge in [0.2, 0.25) is 11.8 Å². The summed E-state index contributed by atoms with van der Waals surface area (Å²) in [5.74, 6) is 1.06. The van der Waals surface area contributed by atoms with Crippen LogP contribution in [0.25, 0.3) is 16.7 Å². The van der Waals surface area contributed by atoms with E-state index < -0.39 is 0 Å². The lowest BCUT2D eigenvalue weighted by molar-refractivity contribution is -0.119. The standard InChI is InChI=1S/C21H24N4O3/c1-15(26)22-8-10-27-18-11-16(12-18)13-28-21-19-7-9-25(20(19)23-14-24-21)17-5-3-2-4-6-17/h2-7,9,14,16,18H,8,10-13H2,1H3,(H,22,26). The second-order valence-electron chi connectivity index (χ2n) is 7.06. The lowest BCUT2D eigenvalue weighted by Crippen LogP contribution is -2.37. The Morgan fingerprint density at radius 2 is 2.04 bits per heavy atom. The number of benzene rings is 1. The minimum Gasteiger partial charge on any atom is -0.477 e. The third-order valence-corrected chi connectivity index (χ3v) is 4.96. The summed E-state index contributed by atoms with van der Waals surface area (Å²) in [6.07, 6.45) is 5.74. The fraction of sp³-hybridized carbons (Fsp3) is 0.381. The van der Waals surface area contributed by atoms with Crippen LogP contribution in [0.4, 0.5) is 0 Å². The smallest absolute Gasteiger partial charge is 0.226 e. The van der Waals surface area contributed by atoms with E-state index in [4.69, 9.17) is 9.47 Å². The van der Waals surface area contributed by atoms with Gasteiger partial charge in [0, 0.05) is 25.4 Å². The zero-order chi connectivity index (χ0) is 19.3. The first-order chi connectivity index (χ1) is 13.7. The first kappa shape index (κ1) is 18.4. The third-order valence-electron chi connectivity index (χ3n) is 4.96. The number of para-hydroxylation sites is 1. The van der Waals surface area contributed by atoms with Gasteiger partial charge in [0.05, 0.1) is 24.7 Å². The van der Waals surface area contributed by atoms with E-state index in [1.165, 1.54) is 6.92 Å². The van der Waals surface area contributed by atoms with Crippen LogP contribution in [-0.2, 0) is 9.53 Å². The SMILES string of the molecule is CC(=O)NCCOC1CC(COc2ncnc3c2ccn3-c2ccccc2)C1. The van der Waals surface area contributed by atoms with E-state index in [-0.39, 0.29) is 12.0 Å². The molecule has 1 fully saturated rings. The molecular formula is C21H24N4O3. The number of aromatic nitrogens is 3. The molecule has 2 heterocycles. The van der Waals surface area contributed by atoms with Gasteiger partial charge in [0.1, 0.15) is 6.33 Å². The number of hydrogen-bond donors (Lipinski definition) is 1. The fourth-order valence-corrected chi connectivity index (χ4v) is 3.44. The van der Waals surface area contributed by atoms with Crippen molar-refractivity contribution < 1.29 is 14.3 Å². The number of carbonyl (C=O) groups is 1. The number of fused-ring (bicyclic) bond motifs is 1. The Hall–Kier alpha value is -2.93. The topological polar surface area (TPSA) is 78.3 Å². The molecule has 0 aliphatic heterocycles. The maximum absolute atomic E-state index is 10.8. The highest BCUT2D eigenvalue weighted by molar-refractivity contribution is 5.82.